The summed E-state index contributed by atoms with van der Waals surface area (Å²) in [4.78, 5) is 22.8. The van der Waals surface area contributed by atoms with Crippen molar-refractivity contribution in [2.24, 2.45) is 0 Å². The summed E-state index contributed by atoms with van der Waals surface area (Å²) in [5, 5.41) is 11.9. The van der Waals surface area contributed by atoms with E-state index in [-0.39, 0.29) is 11.5 Å². The van der Waals surface area contributed by atoms with Crippen LogP contribution in [0.3, 0.4) is 0 Å². The van der Waals surface area contributed by atoms with Crippen LogP contribution < -0.4 is 5.32 Å². The average molecular weight is 369 g/mol. The lowest BCUT2D eigenvalue weighted by Gasteiger charge is -2.08. The Balaban J connectivity index is 2.04. The maximum atomic E-state index is 12.1. The third-order valence-electron chi connectivity index (χ3n) is 2.85. The lowest BCUT2D eigenvalue weighted by atomic mass is 10.1. The van der Waals surface area contributed by atoms with E-state index in [0.717, 1.165) is 5.56 Å². The van der Waals surface area contributed by atoms with Crippen molar-refractivity contribution in [3.63, 3.8) is 0 Å². The van der Waals surface area contributed by atoms with E-state index in [9.17, 15) is 9.59 Å². The van der Waals surface area contributed by atoms with Gasteiger partial charge in [-0.1, -0.05) is 29.8 Å². The number of carbonyl (C=O) groups is 2. The maximum Gasteiger partial charge on any atom is 0.335 e. The average Bonchev–Trinajstić information content (AvgIpc) is 2.48. The molecule has 6 heteroatoms. The van der Waals surface area contributed by atoms with Gasteiger partial charge in [0, 0.05) is 11.0 Å². The van der Waals surface area contributed by atoms with E-state index in [2.05, 4.69) is 21.2 Å². The highest BCUT2D eigenvalue weighted by molar-refractivity contribution is 9.10. The molecule has 0 atom stereocenters. The normalized spacial score (nSPS) is 10.2. The van der Waals surface area contributed by atoms with E-state index in [0.29, 0.717) is 21.6 Å². The van der Waals surface area contributed by atoms with E-state index in [1.54, 1.807) is 30.3 Å². The highest BCUT2D eigenvalue weighted by Gasteiger charge is 2.12. The van der Waals surface area contributed by atoms with Crippen molar-refractivity contribution in [1.29, 1.82) is 0 Å². The predicted molar refractivity (Wildman–Crippen MR) is 83.7 cm³/mol. The van der Waals surface area contributed by atoms with Crippen LogP contribution in [-0.2, 0) is 6.54 Å². The topological polar surface area (TPSA) is 66.4 Å². The highest BCUT2D eigenvalue weighted by atomic mass is 79.9. The molecule has 21 heavy (non-hydrogen) atoms. The molecule has 2 aromatic carbocycles. The molecule has 0 aromatic heterocycles. The van der Waals surface area contributed by atoms with Crippen LogP contribution in [0.4, 0.5) is 0 Å². The molecule has 0 saturated carbocycles. The Hall–Kier alpha value is -1.85. The van der Waals surface area contributed by atoms with Crippen molar-refractivity contribution < 1.29 is 14.7 Å². The van der Waals surface area contributed by atoms with Crippen LogP contribution in [0.25, 0.3) is 0 Å². The molecule has 0 spiro atoms. The molecular formula is C15H11BrClNO3. The number of nitrogens with one attached hydrogen (secondary N) is 1. The minimum atomic E-state index is -0.980. The van der Waals surface area contributed by atoms with Crippen LogP contribution >= 0.6 is 27.5 Å². The Morgan fingerprint density at radius 3 is 2.43 bits per heavy atom. The van der Waals surface area contributed by atoms with Gasteiger partial charge in [-0.05, 0) is 45.8 Å². The second-order valence-electron chi connectivity index (χ2n) is 4.29. The number of hydrogen-bond acceptors (Lipinski definition) is 2. The summed E-state index contributed by atoms with van der Waals surface area (Å²) in [5.41, 5.74) is 1.40. The molecule has 4 nitrogen and oxygen atoms in total. The van der Waals surface area contributed by atoms with Gasteiger partial charge < -0.3 is 10.4 Å². The third kappa shape index (κ3) is 3.83. The molecule has 2 aromatic rings. The molecule has 0 bridgehead atoms. The molecule has 0 aliphatic carbocycles. The summed E-state index contributed by atoms with van der Waals surface area (Å²) in [6.45, 7) is 0.293. The molecule has 0 aliphatic heterocycles. The molecule has 0 saturated heterocycles. The SMILES string of the molecule is O=C(O)c1ccc(CNC(=O)c2cccc(Br)c2Cl)cc1. The Morgan fingerprint density at radius 2 is 1.81 bits per heavy atom. The number of halogens is 2. The van der Waals surface area contributed by atoms with Gasteiger partial charge in [0.15, 0.2) is 0 Å². The van der Waals surface area contributed by atoms with Gasteiger partial charge in [-0.2, -0.15) is 0 Å². The van der Waals surface area contributed by atoms with Gasteiger partial charge in [0.1, 0.15) is 0 Å². The van der Waals surface area contributed by atoms with Crippen LogP contribution in [0.1, 0.15) is 26.3 Å². The van der Waals surface area contributed by atoms with Crippen molar-refractivity contribution in [3.8, 4) is 0 Å². The fourth-order valence-corrected chi connectivity index (χ4v) is 2.30. The van der Waals surface area contributed by atoms with Gasteiger partial charge in [-0.3, -0.25) is 4.79 Å². The van der Waals surface area contributed by atoms with Crippen LogP contribution in [0.15, 0.2) is 46.9 Å². The summed E-state index contributed by atoms with van der Waals surface area (Å²) >= 11 is 9.32. The number of amides is 1. The molecular weight excluding hydrogens is 358 g/mol. The smallest absolute Gasteiger partial charge is 0.335 e. The maximum absolute atomic E-state index is 12.1. The number of benzene rings is 2. The zero-order valence-corrected chi connectivity index (χ0v) is 13.1. The molecule has 108 valence electrons. The quantitative estimate of drug-likeness (QED) is 0.864. The predicted octanol–water partition coefficient (Wildman–Crippen LogP) is 3.73. The number of carboxylic acids is 1. The minimum absolute atomic E-state index is 0.208. The molecule has 0 radical (unpaired) electrons. The van der Waals surface area contributed by atoms with E-state index in [4.69, 9.17) is 16.7 Å². The number of carboxylic acid groups (broad SMARTS) is 1. The van der Waals surface area contributed by atoms with Crippen molar-refractivity contribution in [2.75, 3.05) is 0 Å². The van der Waals surface area contributed by atoms with Crippen LogP contribution in [0.2, 0.25) is 5.02 Å². The Kier molecular flexibility index (Phi) is 4.98. The first-order valence-electron chi connectivity index (χ1n) is 6.03. The zero-order valence-electron chi connectivity index (χ0n) is 10.8. The highest BCUT2D eigenvalue weighted by Crippen LogP contribution is 2.25. The fourth-order valence-electron chi connectivity index (χ4n) is 1.72. The number of aromatic carboxylic acids is 1. The number of carbonyl (C=O) groups excluding carboxylic acids is 1. The lowest BCUT2D eigenvalue weighted by molar-refractivity contribution is 0.0696. The van der Waals surface area contributed by atoms with Crippen LogP contribution in [0.5, 0.6) is 0 Å². The van der Waals surface area contributed by atoms with Gasteiger partial charge >= 0.3 is 5.97 Å². The Labute approximate surface area is 134 Å². The van der Waals surface area contributed by atoms with Gasteiger partial charge in [0.25, 0.3) is 5.91 Å². The summed E-state index contributed by atoms with van der Waals surface area (Å²) < 4.78 is 0.655. The number of rotatable bonds is 4. The van der Waals surface area contributed by atoms with Gasteiger partial charge in [-0.15, -0.1) is 0 Å². The van der Waals surface area contributed by atoms with Crippen molar-refractivity contribution in [1.82, 2.24) is 5.32 Å². The molecule has 1 amide bonds. The van der Waals surface area contributed by atoms with Crippen molar-refractivity contribution in [3.05, 3.63) is 68.7 Å². The molecule has 0 fully saturated rings. The molecule has 0 aliphatic rings. The van der Waals surface area contributed by atoms with Crippen LogP contribution in [0, 0.1) is 0 Å². The first-order chi connectivity index (χ1) is 9.99. The summed E-state index contributed by atoms with van der Waals surface area (Å²) in [6, 6.07) is 11.4. The van der Waals surface area contributed by atoms with Crippen molar-refractivity contribution in [2.45, 2.75) is 6.54 Å². The summed E-state index contributed by atoms with van der Waals surface area (Å²) in [7, 11) is 0. The second-order valence-corrected chi connectivity index (χ2v) is 5.52. The first kappa shape index (κ1) is 15.5. The summed E-state index contributed by atoms with van der Waals surface area (Å²) in [5.74, 6) is -1.27. The second kappa shape index (κ2) is 6.74. The van der Waals surface area contributed by atoms with Gasteiger partial charge in [0.05, 0.1) is 16.1 Å². The monoisotopic (exact) mass is 367 g/mol. The van der Waals surface area contributed by atoms with E-state index in [1.165, 1.54) is 12.1 Å². The standard InChI is InChI=1S/C15H11BrClNO3/c16-12-3-1-2-11(13(12)17)14(19)18-8-9-4-6-10(7-5-9)15(20)21/h1-7H,8H2,(H,18,19)(H,20,21). The van der Waals surface area contributed by atoms with Crippen LogP contribution in [-0.4, -0.2) is 17.0 Å². The third-order valence-corrected chi connectivity index (χ3v) is 4.15. The van der Waals surface area contributed by atoms with Gasteiger partial charge in [-0.25, -0.2) is 4.79 Å². The molecule has 0 unspecified atom stereocenters. The number of hydrogen-bond donors (Lipinski definition) is 2. The lowest BCUT2D eigenvalue weighted by Crippen LogP contribution is -2.23. The Bertz CT molecular complexity index is 686. The Morgan fingerprint density at radius 1 is 1.14 bits per heavy atom. The molecule has 2 N–H and O–H groups in total. The largest absolute Gasteiger partial charge is 0.478 e. The summed E-state index contributed by atoms with van der Waals surface area (Å²) in [6.07, 6.45) is 0. The molecule has 0 heterocycles. The first-order valence-corrected chi connectivity index (χ1v) is 7.20. The van der Waals surface area contributed by atoms with E-state index < -0.39 is 5.97 Å². The fraction of sp³-hybridized carbons (Fsp3) is 0.0667. The van der Waals surface area contributed by atoms with E-state index >= 15 is 0 Å². The minimum Gasteiger partial charge on any atom is -0.478 e. The van der Waals surface area contributed by atoms with Crippen molar-refractivity contribution >= 4 is 39.4 Å². The van der Waals surface area contributed by atoms with E-state index in [1.807, 2.05) is 0 Å². The van der Waals surface area contributed by atoms with Gasteiger partial charge in [0.2, 0.25) is 0 Å². The molecule has 2 rings (SSSR count). The zero-order chi connectivity index (χ0) is 15.4.